The fourth-order valence-electron chi connectivity index (χ4n) is 0.581. The van der Waals surface area contributed by atoms with E-state index in [0.29, 0.717) is 19.5 Å². The lowest BCUT2D eigenvalue weighted by Crippen LogP contribution is -2.35. The van der Waals surface area contributed by atoms with Gasteiger partial charge in [0.1, 0.15) is 6.10 Å². The van der Waals surface area contributed by atoms with Gasteiger partial charge in [-0.05, 0) is 19.9 Å². The molecule has 0 aromatic heterocycles. The maximum absolute atomic E-state index is 10.7. The summed E-state index contributed by atoms with van der Waals surface area (Å²) in [5.41, 5.74) is 5.12. The molecule has 0 aromatic carbocycles. The van der Waals surface area contributed by atoms with Gasteiger partial charge in [-0.2, -0.15) is 0 Å². The number of hydrogen-bond donors (Lipinski definition) is 3. The van der Waals surface area contributed by atoms with Crippen molar-refractivity contribution in [2.45, 2.75) is 19.4 Å². The SMILES string of the molecule is CCNC(=O)C(O)CCN. The first-order valence-electron chi connectivity index (χ1n) is 3.38. The minimum absolute atomic E-state index is 0.325. The van der Waals surface area contributed by atoms with Crippen LogP contribution in [0.15, 0.2) is 0 Å². The number of carbonyl (C=O) groups is 1. The van der Waals surface area contributed by atoms with Gasteiger partial charge in [-0.15, -0.1) is 0 Å². The van der Waals surface area contributed by atoms with Crippen LogP contribution in [0.3, 0.4) is 0 Å². The molecule has 0 aliphatic carbocycles. The molecule has 0 saturated carbocycles. The molecular weight excluding hydrogens is 132 g/mol. The second-order valence-electron chi connectivity index (χ2n) is 1.99. The third kappa shape index (κ3) is 3.42. The Balaban J connectivity index is 3.49. The van der Waals surface area contributed by atoms with Crippen LogP contribution in [0, 0.1) is 0 Å². The summed E-state index contributed by atoms with van der Waals surface area (Å²) in [6.45, 7) is 2.67. The highest BCUT2D eigenvalue weighted by molar-refractivity contribution is 5.80. The normalized spacial score (nSPS) is 12.7. The minimum Gasteiger partial charge on any atom is -0.383 e. The highest BCUT2D eigenvalue weighted by Gasteiger charge is 2.11. The van der Waals surface area contributed by atoms with Crippen molar-refractivity contribution in [2.24, 2.45) is 5.73 Å². The van der Waals surface area contributed by atoms with E-state index in [4.69, 9.17) is 10.8 Å². The Morgan fingerprint density at radius 2 is 2.40 bits per heavy atom. The van der Waals surface area contributed by atoms with Crippen LogP contribution >= 0.6 is 0 Å². The molecule has 0 radical (unpaired) electrons. The zero-order chi connectivity index (χ0) is 7.98. The van der Waals surface area contributed by atoms with E-state index in [1.54, 1.807) is 6.92 Å². The Kier molecular flexibility index (Phi) is 4.88. The molecule has 60 valence electrons. The zero-order valence-electron chi connectivity index (χ0n) is 6.13. The van der Waals surface area contributed by atoms with Crippen LogP contribution in [-0.2, 0) is 4.79 Å². The number of amides is 1. The predicted molar refractivity (Wildman–Crippen MR) is 38.4 cm³/mol. The summed E-state index contributed by atoms with van der Waals surface area (Å²) in [4.78, 5) is 10.7. The Labute approximate surface area is 60.4 Å². The van der Waals surface area contributed by atoms with Gasteiger partial charge in [0.2, 0.25) is 5.91 Å². The summed E-state index contributed by atoms with van der Waals surface area (Å²) >= 11 is 0. The van der Waals surface area contributed by atoms with Crippen molar-refractivity contribution < 1.29 is 9.90 Å². The highest BCUT2D eigenvalue weighted by atomic mass is 16.3. The second-order valence-corrected chi connectivity index (χ2v) is 1.99. The van der Waals surface area contributed by atoms with E-state index < -0.39 is 6.10 Å². The van der Waals surface area contributed by atoms with Crippen molar-refractivity contribution >= 4 is 5.91 Å². The summed E-state index contributed by atoms with van der Waals surface area (Å²) in [5.74, 6) is -0.340. The van der Waals surface area contributed by atoms with Crippen LogP contribution in [0.4, 0.5) is 0 Å². The summed E-state index contributed by atoms with van der Waals surface area (Å²) in [7, 11) is 0. The molecule has 0 aliphatic heterocycles. The van der Waals surface area contributed by atoms with Crippen LogP contribution < -0.4 is 11.1 Å². The molecule has 0 fully saturated rings. The molecule has 4 nitrogen and oxygen atoms in total. The standard InChI is InChI=1S/C6H14N2O2/c1-2-8-6(10)5(9)3-4-7/h5,9H,2-4,7H2,1H3,(H,8,10). The lowest BCUT2D eigenvalue weighted by atomic mass is 10.2. The smallest absolute Gasteiger partial charge is 0.248 e. The van der Waals surface area contributed by atoms with Gasteiger partial charge in [-0.25, -0.2) is 0 Å². The minimum atomic E-state index is -0.940. The van der Waals surface area contributed by atoms with Crippen molar-refractivity contribution in [3.8, 4) is 0 Å². The number of rotatable bonds is 4. The van der Waals surface area contributed by atoms with Gasteiger partial charge in [-0.1, -0.05) is 0 Å². The number of carbonyl (C=O) groups excluding carboxylic acids is 1. The van der Waals surface area contributed by atoms with E-state index in [-0.39, 0.29) is 5.91 Å². The van der Waals surface area contributed by atoms with Crippen molar-refractivity contribution in [2.75, 3.05) is 13.1 Å². The van der Waals surface area contributed by atoms with Gasteiger partial charge in [0, 0.05) is 6.54 Å². The third-order valence-electron chi connectivity index (χ3n) is 1.09. The van der Waals surface area contributed by atoms with Crippen molar-refractivity contribution in [3.63, 3.8) is 0 Å². The van der Waals surface area contributed by atoms with Crippen LogP contribution in [0.5, 0.6) is 0 Å². The van der Waals surface area contributed by atoms with Gasteiger partial charge in [0.05, 0.1) is 0 Å². The molecular formula is C6H14N2O2. The lowest BCUT2D eigenvalue weighted by molar-refractivity contribution is -0.129. The largest absolute Gasteiger partial charge is 0.383 e. The summed E-state index contributed by atoms with van der Waals surface area (Å²) in [5, 5.41) is 11.4. The summed E-state index contributed by atoms with van der Waals surface area (Å²) in [6.07, 6.45) is -0.615. The molecule has 0 saturated heterocycles. The highest BCUT2D eigenvalue weighted by Crippen LogP contribution is 1.87. The van der Waals surface area contributed by atoms with Crippen molar-refractivity contribution in [1.82, 2.24) is 5.32 Å². The van der Waals surface area contributed by atoms with Crippen LogP contribution in [-0.4, -0.2) is 30.2 Å². The van der Waals surface area contributed by atoms with E-state index in [2.05, 4.69) is 5.32 Å². The van der Waals surface area contributed by atoms with Crippen LogP contribution in [0.1, 0.15) is 13.3 Å². The Hall–Kier alpha value is -0.610. The molecule has 0 bridgehead atoms. The van der Waals surface area contributed by atoms with E-state index in [1.165, 1.54) is 0 Å². The van der Waals surface area contributed by atoms with Crippen molar-refractivity contribution in [3.05, 3.63) is 0 Å². The fourth-order valence-corrected chi connectivity index (χ4v) is 0.581. The van der Waals surface area contributed by atoms with Crippen LogP contribution in [0.2, 0.25) is 0 Å². The number of hydrogen-bond acceptors (Lipinski definition) is 3. The molecule has 1 unspecified atom stereocenters. The molecule has 4 N–H and O–H groups in total. The second kappa shape index (κ2) is 5.20. The molecule has 0 aliphatic rings. The zero-order valence-corrected chi connectivity index (χ0v) is 6.13. The van der Waals surface area contributed by atoms with Crippen molar-refractivity contribution in [1.29, 1.82) is 0 Å². The molecule has 0 aromatic rings. The molecule has 0 spiro atoms. The number of aliphatic hydroxyl groups is 1. The van der Waals surface area contributed by atoms with Gasteiger partial charge >= 0.3 is 0 Å². The Bertz CT molecular complexity index is 106. The summed E-state index contributed by atoms with van der Waals surface area (Å²) in [6, 6.07) is 0. The molecule has 0 heterocycles. The van der Waals surface area contributed by atoms with E-state index in [0.717, 1.165) is 0 Å². The number of likely N-dealkylation sites (N-methyl/N-ethyl adjacent to an activating group) is 1. The maximum atomic E-state index is 10.7. The molecule has 4 heteroatoms. The predicted octanol–water partition coefficient (Wildman–Crippen LogP) is -1.17. The van der Waals surface area contributed by atoms with Crippen LogP contribution in [0.25, 0.3) is 0 Å². The topological polar surface area (TPSA) is 75.3 Å². The first-order valence-corrected chi connectivity index (χ1v) is 3.38. The number of aliphatic hydroxyl groups excluding tert-OH is 1. The monoisotopic (exact) mass is 146 g/mol. The van der Waals surface area contributed by atoms with E-state index in [9.17, 15) is 4.79 Å². The van der Waals surface area contributed by atoms with Gasteiger partial charge in [0.15, 0.2) is 0 Å². The van der Waals surface area contributed by atoms with Gasteiger partial charge in [0.25, 0.3) is 0 Å². The number of nitrogens with one attached hydrogen (secondary N) is 1. The Morgan fingerprint density at radius 3 is 2.80 bits per heavy atom. The molecule has 1 amide bonds. The molecule has 10 heavy (non-hydrogen) atoms. The fraction of sp³-hybridized carbons (Fsp3) is 0.833. The maximum Gasteiger partial charge on any atom is 0.248 e. The molecule has 0 rings (SSSR count). The first-order chi connectivity index (χ1) is 4.72. The quantitative estimate of drug-likeness (QED) is 0.468. The third-order valence-corrected chi connectivity index (χ3v) is 1.09. The summed E-state index contributed by atoms with van der Waals surface area (Å²) < 4.78 is 0. The average Bonchev–Trinajstić information content (AvgIpc) is 1.89. The van der Waals surface area contributed by atoms with E-state index >= 15 is 0 Å². The van der Waals surface area contributed by atoms with Gasteiger partial charge < -0.3 is 16.2 Å². The van der Waals surface area contributed by atoms with Gasteiger partial charge in [-0.3, -0.25) is 4.79 Å². The first kappa shape index (κ1) is 9.39. The lowest BCUT2D eigenvalue weighted by Gasteiger charge is -2.07. The molecule has 1 atom stereocenters. The number of nitrogens with two attached hydrogens (primary N) is 1. The van der Waals surface area contributed by atoms with E-state index in [1.807, 2.05) is 0 Å². The Morgan fingerprint density at radius 1 is 1.80 bits per heavy atom. The average molecular weight is 146 g/mol.